The van der Waals surface area contributed by atoms with Gasteiger partial charge >= 0.3 is 0 Å². The molecule has 0 aromatic rings. The highest BCUT2D eigenvalue weighted by Gasteiger charge is 2.23. The minimum atomic E-state index is -0.180. The largest absolute Gasteiger partial charge is 0.393 e. The molecule has 0 spiro atoms. The molecule has 1 unspecified atom stereocenters. The molecule has 0 aliphatic rings. The van der Waals surface area contributed by atoms with Crippen molar-refractivity contribution in [2.75, 3.05) is 13.3 Å². The average molecular weight is 231 g/mol. The molecule has 3 heteroatoms. The monoisotopic (exact) mass is 231 g/mol. The summed E-state index contributed by atoms with van der Waals surface area (Å²) >= 11 is 0. The number of nitrogens with one attached hydrogen (secondary N) is 1. The van der Waals surface area contributed by atoms with Crippen LogP contribution in [0.25, 0.3) is 0 Å². The quantitative estimate of drug-likeness (QED) is 0.449. The Kier molecular flexibility index (Phi) is 8.90. The van der Waals surface area contributed by atoms with E-state index in [1.165, 1.54) is 0 Å². The lowest BCUT2D eigenvalue weighted by molar-refractivity contribution is -0.0625. The van der Waals surface area contributed by atoms with Crippen molar-refractivity contribution < 1.29 is 9.84 Å². The molecule has 0 radical (unpaired) electrons. The minimum absolute atomic E-state index is 0.0381. The van der Waals surface area contributed by atoms with Crippen LogP contribution in [0.15, 0.2) is 0 Å². The van der Waals surface area contributed by atoms with E-state index in [1.54, 1.807) is 0 Å². The summed E-state index contributed by atoms with van der Waals surface area (Å²) in [6.45, 7) is 9.93. The molecule has 3 nitrogen and oxygen atoms in total. The van der Waals surface area contributed by atoms with Crippen LogP contribution in [0.1, 0.15) is 59.8 Å². The Hall–Kier alpha value is -0.120. The lowest BCUT2D eigenvalue weighted by atomic mass is 9.94. The zero-order valence-corrected chi connectivity index (χ0v) is 11.4. The second-order valence-corrected chi connectivity index (χ2v) is 4.38. The van der Waals surface area contributed by atoms with E-state index in [0.717, 1.165) is 38.6 Å². The van der Waals surface area contributed by atoms with Crippen LogP contribution in [-0.2, 0) is 4.74 Å². The summed E-state index contributed by atoms with van der Waals surface area (Å²) in [5.74, 6) is 0. The number of hydrogen-bond donors (Lipinski definition) is 2. The normalized spacial score (nSPS) is 14.1. The van der Waals surface area contributed by atoms with Crippen LogP contribution in [0.4, 0.5) is 0 Å². The van der Waals surface area contributed by atoms with Gasteiger partial charge in [0.15, 0.2) is 0 Å². The molecule has 0 fully saturated rings. The Bertz CT molecular complexity index is 150. The maximum absolute atomic E-state index is 9.37. The fourth-order valence-electron chi connectivity index (χ4n) is 1.81. The van der Waals surface area contributed by atoms with Crippen molar-refractivity contribution >= 4 is 0 Å². The van der Waals surface area contributed by atoms with E-state index in [2.05, 4.69) is 26.1 Å². The first-order valence-electron chi connectivity index (χ1n) is 6.66. The Morgan fingerprint density at radius 1 is 1.12 bits per heavy atom. The molecule has 0 heterocycles. The van der Waals surface area contributed by atoms with Gasteiger partial charge in [0.1, 0.15) is 0 Å². The molecule has 0 rings (SSSR count). The molecule has 0 aromatic heterocycles. The Morgan fingerprint density at radius 3 is 2.12 bits per heavy atom. The van der Waals surface area contributed by atoms with Crippen molar-refractivity contribution in [1.82, 2.24) is 5.32 Å². The van der Waals surface area contributed by atoms with E-state index < -0.39 is 0 Å². The lowest BCUT2D eigenvalue weighted by Crippen LogP contribution is -2.35. The van der Waals surface area contributed by atoms with Gasteiger partial charge in [-0.2, -0.15) is 0 Å². The van der Waals surface area contributed by atoms with Crippen LogP contribution in [0, 0.1) is 0 Å². The number of rotatable bonds is 10. The van der Waals surface area contributed by atoms with Crippen molar-refractivity contribution in [3.05, 3.63) is 0 Å². The standard InChI is InChI=1S/C13H29NO2/c1-5-12(15)9-10-14-11-16-13(6-2,7-3)8-4/h12,14-15H,5-11H2,1-4H3. The predicted octanol–water partition coefficient (Wildman–Crippen LogP) is 2.68. The summed E-state index contributed by atoms with van der Waals surface area (Å²) in [6.07, 6.45) is 4.61. The van der Waals surface area contributed by atoms with Gasteiger partial charge in [-0.3, -0.25) is 5.32 Å². The van der Waals surface area contributed by atoms with Crippen LogP contribution in [-0.4, -0.2) is 30.1 Å². The Labute approximate surface area is 101 Å². The van der Waals surface area contributed by atoms with Gasteiger partial charge in [-0.05, 0) is 38.6 Å². The van der Waals surface area contributed by atoms with Gasteiger partial charge in [0.25, 0.3) is 0 Å². The van der Waals surface area contributed by atoms with E-state index in [4.69, 9.17) is 4.74 Å². The van der Waals surface area contributed by atoms with Crippen molar-refractivity contribution in [3.8, 4) is 0 Å². The number of aliphatic hydroxyl groups excluding tert-OH is 1. The molecular formula is C13H29NO2. The van der Waals surface area contributed by atoms with Crippen LogP contribution >= 0.6 is 0 Å². The highest BCUT2D eigenvalue weighted by molar-refractivity contribution is 4.75. The van der Waals surface area contributed by atoms with Crippen LogP contribution < -0.4 is 5.32 Å². The molecule has 98 valence electrons. The second kappa shape index (κ2) is 8.97. The topological polar surface area (TPSA) is 41.5 Å². The Morgan fingerprint density at radius 2 is 1.69 bits per heavy atom. The maximum Gasteiger partial charge on any atom is 0.0972 e. The molecule has 0 aromatic carbocycles. The molecule has 16 heavy (non-hydrogen) atoms. The van der Waals surface area contributed by atoms with Gasteiger partial charge in [0.05, 0.1) is 18.4 Å². The number of aliphatic hydroxyl groups is 1. The van der Waals surface area contributed by atoms with E-state index >= 15 is 0 Å². The number of ether oxygens (including phenoxy) is 1. The molecule has 0 saturated heterocycles. The van der Waals surface area contributed by atoms with Crippen molar-refractivity contribution in [2.45, 2.75) is 71.5 Å². The average Bonchev–Trinajstić information content (AvgIpc) is 2.34. The van der Waals surface area contributed by atoms with Gasteiger partial charge < -0.3 is 9.84 Å². The molecule has 1 atom stereocenters. The fourth-order valence-corrected chi connectivity index (χ4v) is 1.81. The fraction of sp³-hybridized carbons (Fsp3) is 1.00. The van der Waals surface area contributed by atoms with E-state index in [1.807, 2.05) is 6.92 Å². The van der Waals surface area contributed by atoms with Crippen LogP contribution in [0.5, 0.6) is 0 Å². The first-order valence-corrected chi connectivity index (χ1v) is 6.66. The van der Waals surface area contributed by atoms with E-state index in [9.17, 15) is 5.11 Å². The highest BCUT2D eigenvalue weighted by atomic mass is 16.5. The van der Waals surface area contributed by atoms with Crippen LogP contribution in [0.3, 0.4) is 0 Å². The van der Waals surface area contributed by atoms with E-state index in [-0.39, 0.29) is 11.7 Å². The molecular weight excluding hydrogens is 202 g/mol. The summed E-state index contributed by atoms with van der Waals surface area (Å²) in [7, 11) is 0. The van der Waals surface area contributed by atoms with Crippen molar-refractivity contribution in [1.29, 1.82) is 0 Å². The minimum Gasteiger partial charge on any atom is -0.393 e. The summed E-state index contributed by atoms with van der Waals surface area (Å²) in [5, 5.41) is 12.6. The third-order valence-electron chi connectivity index (χ3n) is 3.54. The van der Waals surface area contributed by atoms with E-state index in [0.29, 0.717) is 6.73 Å². The third kappa shape index (κ3) is 5.83. The molecule has 0 bridgehead atoms. The predicted molar refractivity (Wildman–Crippen MR) is 68.5 cm³/mol. The summed E-state index contributed by atoms with van der Waals surface area (Å²) in [6, 6.07) is 0. The van der Waals surface area contributed by atoms with Gasteiger partial charge in [-0.1, -0.05) is 27.7 Å². The molecule has 0 saturated carbocycles. The summed E-state index contributed by atoms with van der Waals surface area (Å²) in [5.41, 5.74) is 0.0381. The molecule has 0 amide bonds. The van der Waals surface area contributed by atoms with Crippen molar-refractivity contribution in [3.63, 3.8) is 0 Å². The zero-order valence-electron chi connectivity index (χ0n) is 11.4. The summed E-state index contributed by atoms with van der Waals surface area (Å²) in [4.78, 5) is 0. The smallest absolute Gasteiger partial charge is 0.0972 e. The van der Waals surface area contributed by atoms with Gasteiger partial charge in [-0.15, -0.1) is 0 Å². The Balaban J connectivity index is 3.63. The third-order valence-corrected chi connectivity index (χ3v) is 3.54. The maximum atomic E-state index is 9.37. The first kappa shape index (κ1) is 15.9. The SMILES string of the molecule is CCC(O)CCNCOC(CC)(CC)CC. The molecule has 0 aliphatic heterocycles. The molecule has 2 N–H and O–H groups in total. The van der Waals surface area contributed by atoms with Crippen molar-refractivity contribution in [2.24, 2.45) is 0 Å². The van der Waals surface area contributed by atoms with Crippen LogP contribution in [0.2, 0.25) is 0 Å². The van der Waals surface area contributed by atoms with Gasteiger partial charge in [-0.25, -0.2) is 0 Å². The summed E-state index contributed by atoms with van der Waals surface area (Å²) < 4.78 is 5.90. The lowest BCUT2D eigenvalue weighted by Gasteiger charge is -2.30. The van der Waals surface area contributed by atoms with Gasteiger partial charge in [0, 0.05) is 0 Å². The first-order chi connectivity index (χ1) is 7.64. The molecule has 0 aliphatic carbocycles. The zero-order chi connectivity index (χ0) is 12.4. The number of hydrogen-bond acceptors (Lipinski definition) is 3. The van der Waals surface area contributed by atoms with Gasteiger partial charge in [0.2, 0.25) is 0 Å². The second-order valence-electron chi connectivity index (χ2n) is 4.38. The highest BCUT2D eigenvalue weighted by Crippen LogP contribution is 2.23.